The summed E-state index contributed by atoms with van der Waals surface area (Å²) in [5, 5.41) is 0. The quantitative estimate of drug-likeness (QED) is 0.745. The lowest BCUT2D eigenvalue weighted by molar-refractivity contribution is 0.0469. The van der Waals surface area contributed by atoms with Gasteiger partial charge in [-0.2, -0.15) is 0 Å². The zero-order valence-electron chi connectivity index (χ0n) is 15.1. The molecule has 0 heterocycles. The molecule has 0 aromatic heterocycles. The Morgan fingerprint density at radius 3 is 1.48 bits per heavy atom. The van der Waals surface area contributed by atoms with E-state index in [-0.39, 0.29) is 0 Å². The Balaban J connectivity index is 1.70. The van der Waals surface area contributed by atoms with Gasteiger partial charge in [0.05, 0.1) is 0 Å². The Bertz CT molecular complexity index is 334. The van der Waals surface area contributed by atoms with Crippen molar-refractivity contribution < 1.29 is 0 Å². The second-order valence-corrected chi connectivity index (χ2v) is 9.14. The summed E-state index contributed by atoms with van der Waals surface area (Å²) in [4.78, 5) is 0. The molecule has 3 unspecified atom stereocenters. The lowest BCUT2D eigenvalue weighted by Gasteiger charge is -2.47. The normalized spacial score (nSPS) is 47.2. The van der Waals surface area contributed by atoms with E-state index in [1.54, 1.807) is 0 Å². The standard InChI is InChI=1S/C20H39N3/c1-13-12-16(6-11-19(13)23)20(14-2-7-17(21)8-3-14)15-4-9-18(22)10-5-15/h13-20H,2-12,21-23H2,1H3. The van der Waals surface area contributed by atoms with Gasteiger partial charge in [-0.15, -0.1) is 0 Å². The fourth-order valence-corrected chi connectivity index (χ4v) is 6.03. The van der Waals surface area contributed by atoms with Crippen molar-refractivity contribution in [2.75, 3.05) is 0 Å². The lowest BCUT2D eigenvalue weighted by Crippen LogP contribution is -2.43. The highest BCUT2D eigenvalue weighted by Gasteiger charge is 2.40. The Labute approximate surface area is 143 Å². The average molecular weight is 322 g/mol. The molecule has 3 fully saturated rings. The van der Waals surface area contributed by atoms with Crippen LogP contribution in [0.4, 0.5) is 0 Å². The fourth-order valence-electron chi connectivity index (χ4n) is 6.03. The van der Waals surface area contributed by atoms with Gasteiger partial charge >= 0.3 is 0 Å². The summed E-state index contributed by atoms with van der Waals surface area (Å²) < 4.78 is 0. The maximum atomic E-state index is 6.30. The van der Waals surface area contributed by atoms with Gasteiger partial charge < -0.3 is 17.2 Å². The lowest BCUT2D eigenvalue weighted by atomic mass is 9.60. The van der Waals surface area contributed by atoms with E-state index in [9.17, 15) is 0 Å². The van der Waals surface area contributed by atoms with E-state index in [4.69, 9.17) is 17.2 Å². The van der Waals surface area contributed by atoms with Crippen molar-refractivity contribution in [3.8, 4) is 0 Å². The van der Waals surface area contributed by atoms with Gasteiger partial charge in [-0.3, -0.25) is 0 Å². The van der Waals surface area contributed by atoms with Crippen LogP contribution in [0.15, 0.2) is 0 Å². The number of hydrogen-bond donors (Lipinski definition) is 3. The summed E-state index contributed by atoms with van der Waals surface area (Å²) in [5.74, 6) is 4.36. The van der Waals surface area contributed by atoms with Gasteiger partial charge in [-0.05, 0) is 100 Å². The molecule has 3 saturated carbocycles. The van der Waals surface area contributed by atoms with Crippen LogP contribution in [0.1, 0.15) is 77.6 Å². The number of nitrogens with two attached hydrogens (primary N) is 3. The molecule has 0 aliphatic heterocycles. The Kier molecular flexibility index (Phi) is 6.03. The Hall–Kier alpha value is -0.120. The predicted molar refractivity (Wildman–Crippen MR) is 97.8 cm³/mol. The van der Waals surface area contributed by atoms with E-state index in [2.05, 4.69) is 6.92 Å². The highest BCUT2D eigenvalue weighted by molar-refractivity contribution is 4.92. The van der Waals surface area contributed by atoms with Gasteiger partial charge in [0, 0.05) is 18.1 Å². The van der Waals surface area contributed by atoms with E-state index in [0.29, 0.717) is 24.0 Å². The van der Waals surface area contributed by atoms with Crippen LogP contribution in [0, 0.1) is 29.6 Å². The molecule has 134 valence electrons. The minimum atomic E-state index is 0.437. The molecule has 3 aliphatic rings. The van der Waals surface area contributed by atoms with E-state index in [1.807, 2.05) is 0 Å². The smallest absolute Gasteiger partial charge is 0.00647 e. The van der Waals surface area contributed by atoms with E-state index >= 15 is 0 Å². The van der Waals surface area contributed by atoms with Crippen molar-refractivity contribution in [3.63, 3.8) is 0 Å². The first kappa shape index (κ1) is 17.7. The highest BCUT2D eigenvalue weighted by atomic mass is 14.7. The molecule has 0 aromatic carbocycles. The molecule has 0 bridgehead atoms. The summed E-state index contributed by atoms with van der Waals surface area (Å²) in [5.41, 5.74) is 18.7. The molecule has 23 heavy (non-hydrogen) atoms. The van der Waals surface area contributed by atoms with Crippen LogP contribution in [0.5, 0.6) is 0 Å². The summed E-state index contributed by atoms with van der Waals surface area (Å²) >= 11 is 0. The van der Waals surface area contributed by atoms with Crippen molar-refractivity contribution in [2.45, 2.75) is 95.7 Å². The number of hydrogen-bond acceptors (Lipinski definition) is 3. The fraction of sp³-hybridized carbons (Fsp3) is 1.00. The molecule has 3 heteroatoms. The minimum Gasteiger partial charge on any atom is -0.328 e. The molecule has 0 spiro atoms. The molecule has 3 rings (SSSR count). The van der Waals surface area contributed by atoms with Crippen LogP contribution in [-0.4, -0.2) is 18.1 Å². The van der Waals surface area contributed by atoms with E-state index < -0.39 is 0 Å². The zero-order chi connectivity index (χ0) is 16.4. The molecular formula is C20H39N3. The van der Waals surface area contributed by atoms with E-state index in [0.717, 1.165) is 23.7 Å². The highest BCUT2D eigenvalue weighted by Crippen LogP contribution is 2.48. The molecule has 3 aliphatic carbocycles. The molecule has 0 amide bonds. The monoisotopic (exact) mass is 321 g/mol. The summed E-state index contributed by atoms with van der Waals surface area (Å²) in [6.07, 6.45) is 14.4. The second-order valence-electron chi connectivity index (χ2n) is 9.14. The number of rotatable bonds is 3. The molecule has 0 aromatic rings. The van der Waals surface area contributed by atoms with Gasteiger partial charge in [-0.25, -0.2) is 0 Å². The SMILES string of the molecule is CC1CC(C(C2CCC(N)CC2)C2CCC(N)CC2)CCC1N. The van der Waals surface area contributed by atoms with Crippen molar-refractivity contribution in [1.82, 2.24) is 0 Å². The first-order chi connectivity index (χ1) is 11.0. The molecule has 6 N–H and O–H groups in total. The maximum Gasteiger partial charge on any atom is 0.00647 e. The van der Waals surface area contributed by atoms with Crippen LogP contribution in [0.25, 0.3) is 0 Å². The van der Waals surface area contributed by atoms with Crippen LogP contribution in [0.3, 0.4) is 0 Å². The third-order valence-electron chi connectivity index (χ3n) is 7.54. The van der Waals surface area contributed by atoms with Crippen molar-refractivity contribution in [1.29, 1.82) is 0 Å². The molecule has 0 radical (unpaired) electrons. The van der Waals surface area contributed by atoms with Crippen molar-refractivity contribution in [3.05, 3.63) is 0 Å². The molecular weight excluding hydrogens is 282 g/mol. The van der Waals surface area contributed by atoms with Gasteiger partial charge in [0.2, 0.25) is 0 Å². The molecule has 3 nitrogen and oxygen atoms in total. The third kappa shape index (κ3) is 4.29. The Morgan fingerprint density at radius 1 is 0.609 bits per heavy atom. The Morgan fingerprint density at radius 2 is 1.04 bits per heavy atom. The van der Waals surface area contributed by atoms with Crippen LogP contribution in [0.2, 0.25) is 0 Å². The summed E-state index contributed by atoms with van der Waals surface area (Å²) in [6, 6.07) is 1.36. The molecule has 3 atom stereocenters. The summed E-state index contributed by atoms with van der Waals surface area (Å²) in [6.45, 7) is 2.38. The van der Waals surface area contributed by atoms with Gasteiger partial charge in [0.25, 0.3) is 0 Å². The zero-order valence-corrected chi connectivity index (χ0v) is 15.1. The predicted octanol–water partition coefficient (Wildman–Crippen LogP) is 3.40. The van der Waals surface area contributed by atoms with E-state index in [1.165, 1.54) is 70.6 Å². The maximum absolute atomic E-state index is 6.30. The summed E-state index contributed by atoms with van der Waals surface area (Å²) in [7, 11) is 0. The third-order valence-corrected chi connectivity index (χ3v) is 7.54. The molecule has 0 saturated heterocycles. The van der Waals surface area contributed by atoms with Crippen molar-refractivity contribution in [2.24, 2.45) is 46.8 Å². The van der Waals surface area contributed by atoms with Gasteiger partial charge in [0.15, 0.2) is 0 Å². The van der Waals surface area contributed by atoms with Gasteiger partial charge in [0.1, 0.15) is 0 Å². The second kappa shape index (κ2) is 7.84. The van der Waals surface area contributed by atoms with Crippen LogP contribution < -0.4 is 17.2 Å². The van der Waals surface area contributed by atoms with Crippen molar-refractivity contribution >= 4 is 0 Å². The largest absolute Gasteiger partial charge is 0.328 e. The minimum absolute atomic E-state index is 0.437. The first-order valence-electron chi connectivity index (χ1n) is 10.3. The van der Waals surface area contributed by atoms with Crippen LogP contribution >= 0.6 is 0 Å². The average Bonchev–Trinajstić information content (AvgIpc) is 2.55. The van der Waals surface area contributed by atoms with Gasteiger partial charge in [-0.1, -0.05) is 6.92 Å². The first-order valence-corrected chi connectivity index (χ1v) is 10.3. The topological polar surface area (TPSA) is 78.1 Å². The van der Waals surface area contributed by atoms with Crippen LogP contribution in [-0.2, 0) is 0 Å².